The molecule has 2 N–H and O–H groups in total. The first kappa shape index (κ1) is 13.5. The number of benzene rings is 1. The molecule has 1 aromatic rings. The summed E-state index contributed by atoms with van der Waals surface area (Å²) in [5.41, 5.74) is 0.894. The summed E-state index contributed by atoms with van der Waals surface area (Å²) >= 11 is 0. The maximum atomic E-state index is 12.0. The number of nitrogens with one attached hydrogen (secondary N) is 1. The van der Waals surface area contributed by atoms with Crippen molar-refractivity contribution in [3.63, 3.8) is 0 Å². The van der Waals surface area contributed by atoms with Crippen molar-refractivity contribution in [3.05, 3.63) is 23.8 Å². The normalized spacial score (nSPS) is 15.7. The van der Waals surface area contributed by atoms with Gasteiger partial charge in [0.15, 0.2) is 12.4 Å². The summed E-state index contributed by atoms with van der Waals surface area (Å²) in [7, 11) is 3.28. The minimum atomic E-state index is -1.10. The first-order chi connectivity index (χ1) is 9.04. The summed E-state index contributed by atoms with van der Waals surface area (Å²) in [5, 5.41) is 12.4. The SMILES string of the molecule is CNCC(O)C(=O)c1ccc2c(c1)N(C)C(=O)CO2. The molecular formula is C13H16N2O4. The number of rotatable bonds is 4. The van der Waals surface area contributed by atoms with E-state index in [1.54, 1.807) is 32.3 Å². The van der Waals surface area contributed by atoms with Crippen LogP contribution < -0.4 is 15.0 Å². The lowest BCUT2D eigenvalue weighted by molar-refractivity contribution is -0.120. The van der Waals surface area contributed by atoms with Crippen molar-refractivity contribution < 1.29 is 19.4 Å². The molecule has 0 spiro atoms. The first-order valence-corrected chi connectivity index (χ1v) is 5.95. The Labute approximate surface area is 111 Å². The molecule has 1 aliphatic heterocycles. The molecule has 1 aliphatic rings. The summed E-state index contributed by atoms with van der Waals surface area (Å²) in [6.07, 6.45) is -1.10. The van der Waals surface area contributed by atoms with Crippen molar-refractivity contribution in [1.29, 1.82) is 0 Å². The predicted molar refractivity (Wildman–Crippen MR) is 69.6 cm³/mol. The van der Waals surface area contributed by atoms with Gasteiger partial charge in [0, 0.05) is 19.2 Å². The quantitative estimate of drug-likeness (QED) is 0.737. The Hall–Kier alpha value is -1.92. The third kappa shape index (κ3) is 2.59. The average molecular weight is 264 g/mol. The number of likely N-dealkylation sites (N-methyl/N-ethyl adjacent to an activating group) is 2. The van der Waals surface area contributed by atoms with Crippen molar-refractivity contribution >= 4 is 17.4 Å². The Morgan fingerprint density at radius 2 is 2.32 bits per heavy atom. The summed E-state index contributed by atoms with van der Waals surface area (Å²) in [6, 6.07) is 4.79. The zero-order valence-corrected chi connectivity index (χ0v) is 10.8. The Kier molecular flexibility index (Phi) is 3.82. The molecule has 1 heterocycles. The number of amides is 1. The topological polar surface area (TPSA) is 78.9 Å². The average Bonchev–Trinajstić information content (AvgIpc) is 2.42. The van der Waals surface area contributed by atoms with Crippen LogP contribution in [-0.2, 0) is 4.79 Å². The maximum Gasteiger partial charge on any atom is 0.264 e. The minimum Gasteiger partial charge on any atom is -0.482 e. The number of carbonyl (C=O) groups excluding carboxylic acids is 2. The number of Topliss-reactive ketones (excluding diaryl/α,β-unsaturated/α-hetero) is 1. The first-order valence-electron chi connectivity index (χ1n) is 5.95. The zero-order valence-electron chi connectivity index (χ0n) is 10.8. The lowest BCUT2D eigenvalue weighted by Gasteiger charge is -2.26. The van der Waals surface area contributed by atoms with E-state index in [2.05, 4.69) is 5.32 Å². The van der Waals surface area contributed by atoms with Crippen molar-refractivity contribution in [2.75, 3.05) is 32.1 Å². The van der Waals surface area contributed by atoms with Gasteiger partial charge in [-0.05, 0) is 25.2 Å². The third-order valence-electron chi connectivity index (χ3n) is 3.03. The molecule has 0 radical (unpaired) electrons. The smallest absolute Gasteiger partial charge is 0.264 e. The van der Waals surface area contributed by atoms with Gasteiger partial charge in [-0.15, -0.1) is 0 Å². The van der Waals surface area contributed by atoms with Crippen molar-refractivity contribution in [1.82, 2.24) is 5.32 Å². The van der Waals surface area contributed by atoms with Gasteiger partial charge in [-0.2, -0.15) is 0 Å². The highest BCUT2D eigenvalue weighted by Crippen LogP contribution is 2.32. The number of fused-ring (bicyclic) bond motifs is 1. The van der Waals surface area contributed by atoms with E-state index < -0.39 is 6.10 Å². The molecule has 2 rings (SSSR count). The van der Waals surface area contributed by atoms with Gasteiger partial charge in [-0.1, -0.05) is 0 Å². The van der Waals surface area contributed by atoms with Crippen LogP contribution in [0.5, 0.6) is 5.75 Å². The van der Waals surface area contributed by atoms with E-state index in [1.807, 2.05) is 0 Å². The van der Waals surface area contributed by atoms with Crippen LogP contribution in [0.1, 0.15) is 10.4 Å². The minimum absolute atomic E-state index is 0.000821. The van der Waals surface area contributed by atoms with E-state index in [9.17, 15) is 14.7 Å². The molecule has 0 bridgehead atoms. The van der Waals surface area contributed by atoms with Gasteiger partial charge in [0.25, 0.3) is 5.91 Å². The van der Waals surface area contributed by atoms with Crippen LogP contribution in [0, 0.1) is 0 Å². The van der Waals surface area contributed by atoms with Gasteiger partial charge in [-0.25, -0.2) is 0 Å². The molecule has 102 valence electrons. The van der Waals surface area contributed by atoms with Gasteiger partial charge in [0.1, 0.15) is 11.9 Å². The summed E-state index contributed by atoms with van der Waals surface area (Å²) < 4.78 is 5.27. The molecule has 1 atom stereocenters. The Bertz CT molecular complexity index is 515. The van der Waals surface area contributed by atoms with Crippen LogP contribution >= 0.6 is 0 Å². The van der Waals surface area contributed by atoms with Gasteiger partial charge < -0.3 is 20.1 Å². The number of aliphatic hydroxyl groups excluding tert-OH is 1. The Morgan fingerprint density at radius 3 is 3.00 bits per heavy atom. The number of hydrogen-bond acceptors (Lipinski definition) is 5. The number of ether oxygens (including phenoxy) is 1. The number of anilines is 1. The second-order valence-electron chi connectivity index (χ2n) is 4.36. The zero-order chi connectivity index (χ0) is 14.0. The van der Waals surface area contributed by atoms with E-state index in [-0.39, 0.29) is 24.8 Å². The van der Waals surface area contributed by atoms with Crippen LogP contribution in [0.3, 0.4) is 0 Å². The number of nitrogens with zero attached hydrogens (tertiary/aromatic N) is 1. The number of ketones is 1. The Balaban J connectivity index is 2.30. The van der Waals surface area contributed by atoms with E-state index in [1.165, 1.54) is 4.90 Å². The molecule has 6 heteroatoms. The van der Waals surface area contributed by atoms with Crippen molar-refractivity contribution in [3.8, 4) is 5.75 Å². The standard InChI is InChI=1S/C13H16N2O4/c1-14-6-10(16)13(18)8-3-4-11-9(5-8)15(2)12(17)7-19-11/h3-5,10,14,16H,6-7H2,1-2H3. The lowest BCUT2D eigenvalue weighted by atomic mass is 10.0. The monoisotopic (exact) mass is 264 g/mol. The van der Waals surface area contributed by atoms with Gasteiger partial charge >= 0.3 is 0 Å². The fourth-order valence-electron chi connectivity index (χ4n) is 1.90. The molecule has 1 amide bonds. The molecule has 0 saturated carbocycles. The van der Waals surface area contributed by atoms with Crippen LogP contribution in [0.15, 0.2) is 18.2 Å². The molecule has 0 saturated heterocycles. The largest absolute Gasteiger partial charge is 0.482 e. The summed E-state index contributed by atoms with van der Waals surface area (Å²) in [6.45, 7) is 0.181. The lowest BCUT2D eigenvalue weighted by Crippen LogP contribution is -2.36. The van der Waals surface area contributed by atoms with E-state index >= 15 is 0 Å². The highest BCUT2D eigenvalue weighted by molar-refractivity contribution is 6.03. The Morgan fingerprint density at radius 1 is 1.58 bits per heavy atom. The number of aliphatic hydroxyl groups is 1. The van der Waals surface area contributed by atoms with Gasteiger partial charge in [0.2, 0.25) is 0 Å². The van der Waals surface area contributed by atoms with Gasteiger partial charge in [-0.3, -0.25) is 9.59 Å². The van der Waals surface area contributed by atoms with Crippen LogP contribution in [0.25, 0.3) is 0 Å². The number of hydrogen-bond donors (Lipinski definition) is 2. The molecular weight excluding hydrogens is 248 g/mol. The van der Waals surface area contributed by atoms with Crippen LogP contribution in [0.4, 0.5) is 5.69 Å². The van der Waals surface area contributed by atoms with E-state index in [4.69, 9.17) is 4.74 Å². The predicted octanol–water partition coefficient (Wildman–Crippen LogP) is -0.195. The molecule has 1 aromatic carbocycles. The van der Waals surface area contributed by atoms with Crippen LogP contribution in [0.2, 0.25) is 0 Å². The molecule has 0 aliphatic carbocycles. The summed E-state index contributed by atoms with van der Waals surface area (Å²) in [5.74, 6) is -0.00167. The van der Waals surface area contributed by atoms with Gasteiger partial charge in [0.05, 0.1) is 5.69 Å². The van der Waals surface area contributed by atoms with E-state index in [0.717, 1.165) is 0 Å². The number of carbonyl (C=O) groups is 2. The highest BCUT2D eigenvalue weighted by atomic mass is 16.5. The molecule has 1 unspecified atom stereocenters. The maximum absolute atomic E-state index is 12.0. The fourth-order valence-corrected chi connectivity index (χ4v) is 1.90. The summed E-state index contributed by atoms with van der Waals surface area (Å²) in [4.78, 5) is 24.9. The van der Waals surface area contributed by atoms with Crippen molar-refractivity contribution in [2.24, 2.45) is 0 Å². The second-order valence-corrected chi connectivity index (χ2v) is 4.36. The second kappa shape index (κ2) is 5.38. The molecule has 0 aromatic heterocycles. The highest BCUT2D eigenvalue weighted by Gasteiger charge is 2.24. The van der Waals surface area contributed by atoms with E-state index in [0.29, 0.717) is 17.0 Å². The fraction of sp³-hybridized carbons (Fsp3) is 0.385. The third-order valence-corrected chi connectivity index (χ3v) is 3.03. The molecule has 19 heavy (non-hydrogen) atoms. The molecule has 0 fully saturated rings. The van der Waals surface area contributed by atoms with Crippen molar-refractivity contribution in [2.45, 2.75) is 6.10 Å². The molecule has 6 nitrogen and oxygen atoms in total. The van der Waals surface area contributed by atoms with Crippen LogP contribution in [-0.4, -0.2) is 50.1 Å².